The third-order valence-electron chi connectivity index (χ3n) is 12.8. The Labute approximate surface area is 421 Å². The van der Waals surface area contributed by atoms with Gasteiger partial charge < -0.3 is 15.0 Å². The second-order valence-electron chi connectivity index (χ2n) is 18.5. The van der Waals surface area contributed by atoms with Crippen LogP contribution in [0.15, 0.2) is 213 Å². The van der Waals surface area contributed by atoms with Gasteiger partial charge in [-0.3, -0.25) is 0 Å². The van der Waals surface area contributed by atoms with Crippen molar-refractivity contribution in [3.63, 3.8) is 0 Å². The maximum absolute atomic E-state index is 4.87. The van der Waals surface area contributed by atoms with Crippen molar-refractivity contribution in [3.05, 3.63) is 259 Å². The SMILES string of the molecule is CC(C)(C)c1ccnc(-c2[c-]cc(-c3ccccc3-c3cc(CCc4c[c-]c(-c5ccccn5)cc4)cc(CCc4c[c-]c(-c5ccccn5)cc4)c3)c(-c3ccc(-c4ccccc4)cc3)c2)c1.[Ir+3]. The van der Waals surface area contributed by atoms with Crippen LogP contribution in [0.2, 0.25) is 0 Å². The van der Waals surface area contributed by atoms with E-state index in [0.717, 1.165) is 81.7 Å². The molecule has 0 radical (unpaired) electrons. The number of aromatic nitrogens is 3. The van der Waals surface area contributed by atoms with Crippen LogP contribution in [0.4, 0.5) is 0 Å². The molecule has 0 N–H and O–H groups in total. The van der Waals surface area contributed by atoms with E-state index in [2.05, 4.69) is 207 Å². The van der Waals surface area contributed by atoms with Gasteiger partial charge in [0.1, 0.15) is 0 Å². The van der Waals surface area contributed by atoms with E-state index in [9.17, 15) is 0 Å². The smallest absolute Gasteiger partial charge is 0.305 e. The Morgan fingerprint density at radius 3 is 1.43 bits per heavy atom. The predicted molar refractivity (Wildman–Crippen MR) is 281 cm³/mol. The van der Waals surface area contributed by atoms with Gasteiger partial charge in [0.25, 0.3) is 0 Å². The molecule has 3 heterocycles. The number of pyridine rings is 3. The monoisotopic (exact) mass is 1070 g/mol. The van der Waals surface area contributed by atoms with Crippen LogP contribution in [0.1, 0.15) is 48.6 Å². The number of nitrogens with zero attached hydrogens (tertiary/aromatic N) is 3. The Balaban J connectivity index is 0.00000593. The molecule has 4 heteroatoms. The van der Waals surface area contributed by atoms with Gasteiger partial charge in [0.2, 0.25) is 0 Å². The van der Waals surface area contributed by atoms with Crippen LogP contribution >= 0.6 is 0 Å². The average Bonchev–Trinajstić information content (AvgIpc) is 3.40. The molecule has 3 nitrogen and oxygen atoms in total. The van der Waals surface area contributed by atoms with Gasteiger partial charge in [-0.15, -0.1) is 94.5 Å². The first-order valence-corrected chi connectivity index (χ1v) is 23.6. The van der Waals surface area contributed by atoms with Crippen molar-refractivity contribution in [3.8, 4) is 78.3 Å². The molecule has 10 aromatic rings. The summed E-state index contributed by atoms with van der Waals surface area (Å²) in [7, 11) is 0. The van der Waals surface area contributed by atoms with Gasteiger partial charge in [-0.05, 0) is 98.0 Å². The van der Waals surface area contributed by atoms with Crippen molar-refractivity contribution >= 4 is 0 Å². The molecule has 0 aliphatic carbocycles. The van der Waals surface area contributed by atoms with Gasteiger partial charge in [0.15, 0.2) is 0 Å². The Morgan fingerprint density at radius 1 is 0.348 bits per heavy atom. The number of hydrogen-bond donors (Lipinski definition) is 0. The van der Waals surface area contributed by atoms with Crippen LogP contribution in [0, 0.1) is 18.2 Å². The molecular weight excluding hydrogens is 1010 g/mol. The first kappa shape index (κ1) is 46.7. The minimum atomic E-state index is -0.00757. The average molecular weight is 1070 g/mol. The molecule has 0 saturated carbocycles. The zero-order valence-electron chi connectivity index (χ0n) is 39.2. The van der Waals surface area contributed by atoms with Crippen molar-refractivity contribution in [1.29, 1.82) is 0 Å². The van der Waals surface area contributed by atoms with Crippen LogP contribution in [0.3, 0.4) is 0 Å². The zero-order valence-corrected chi connectivity index (χ0v) is 41.6. The second-order valence-corrected chi connectivity index (χ2v) is 18.5. The van der Waals surface area contributed by atoms with Gasteiger partial charge in [-0.1, -0.05) is 178 Å². The summed E-state index contributed by atoms with van der Waals surface area (Å²) >= 11 is 0. The normalized spacial score (nSPS) is 11.2. The fourth-order valence-corrected chi connectivity index (χ4v) is 8.96. The topological polar surface area (TPSA) is 38.7 Å². The number of aryl methyl sites for hydroxylation is 4. The van der Waals surface area contributed by atoms with Crippen LogP contribution in [0.25, 0.3) is 78.3 Å². The molecule has 0 amide bonds. The van der Waals surface area contributed by atoms with Crippen LogP contribution in [-0.4, -0.2) is 15.0 Å². The molecule has 3 aromatic heterocycles. The molecule has 0 fully saturated rings. The van der Waals surface area contributed by atoms with Gasteiger partial charge in [0.05, 0.1) is 0 Å². The fraction of sp³-hybridized carbons (Fsp3) is 0.123. The minimum Gasteiger partial charge on any atom is -0.305 e. The standard InChI is InChI=1S/C65H52N3.Ir/c1-65(2,3)57-37-40-68-64(45-57)55-35-36-60(61(44-55)52-33-31-51(32-34-52)50-13-5-4-6-14-50)59-16-8-7-15-58(59)56-42-48(21-19-46-23-27-53(28-24-46)62-17-9-11-38-66-62)41-49(43-56)22-20-47-25-29-54(30-26-47)63-18-10-12-39-67-63;/h4-18,23-27,29,31-34,36-45H,19-22H2,1-3H3;/q-3;+3. The first-order chi connectivity index (χ1) is 33.3. The third kappa shape index (κ3) is 11.2. The summed E-state index contributed by atoms with van der Waals surface area (Å²) < 4.78 is 0. The van der Waals surface area contributed by atoms with E-state index in [0.29, 0.717) is 0 Å². The molecule has 0 saturated heterocycles. The summed E-state index contributed by atoms with van der Waals surface area (Å²) in [5, 5.41) is 0. The number of rotatable bonds is 13. The van der Waals surface area contributed by atoms with Crippen molar-refractivity contribution in [1.82, 2.24) is 15.0 Å². The summed E-state index contributed by atoms with van der Waals surface area (Å²) in [6.07, 6.45) is 9.18. The van der Waals surface area contributed by atoms with Gasteiger partial charge in [-0.25, -0.2) is 0 Å². The Bertz CT molecular complexity index is 3160. The Hall–Kier alpha value is -7.36. The summed E-state index contributed by atoms with van der Waals surface area (Å²) in [6, 6.07) is 80.1. The zero-order chi connectivity index (χ0) is 46.3. The molecule has 0 unspecified atom stereocenters. The molecule has 0 spiro atoms. The fourth-order valence-electron chi connectivity index (χ4n) is 8.96. The summed E-state index contributed by atoms with van der Waals surface area (Å²) in [5.74, 6) is 0. The minimum absolute atomic E-state index is 0. The number of benzene rings is 7. The van der Waals surface area contributed by atoms with Crippen LogP contribution in [-0.2, 0) is 51.2 Å². The third-order valence-corrected chi connectivity index (χ3v) is 12.8. The second kappa shape index (κ2) is 21.3. The predicted octanol–water partition coefficient (Wildman–Crippen LogP) is 15.8. The van der Waals surface area contributed by atoms with Gasteiger partial charge >= 0.3 is 20.1 Å². The summed E-state index contributed by atoms with van der Waals surface area (Å²) in [5.41, 5.74) is 21.5. The van der Waals surface area contributed by atoms with Crippen LogP contribution < -0.4 is 0 Å². The summed E-state index contributed by atoms with van der Waals surface area (Å²) in [4.78, 5) is 13.9. The van der Waals surface area contributed by atoms with Crippen molar-refractivity contribution in [2.45, 2.75) is 51.9 Å². The maximum atomic E-state index is 4.87. The van der Waals surface area contributed by atoms with E-state index in [1.165, 1.54) is 50.1 Å². The first-order valence-electron chi connectivity index (χ1n) is 23.6. The molecule has 0 atom stereocenters. The Kier molecular flexibility index (Phi) is 14.4. The van der Waals surface area contributed by atoms with Crippen molar-refractivity contribution in [2.24, 2.45) is 0 Å². The molecule has 0 aliphatic rings. The molecule has 336 valence electrons. The van der Waals surface area contributed by atoms with Crippen molar-refractivity contribution < 1.29 is 20.1 Å². The van der Waals surface area contributed by atoms with Gasteiger partial charge in [0, 0.05) is 18.6 Å². The quantitative estimate of drug-likeness (QED) is 0.108. The van der Waals surface area contributed by atoms with Gasteiger partial charge in [-0.2, -0.15) is 0 Å². The van der Waals surface area contributed by atoms with E-state index in [1.54, 1.807) is 0 Å². The molecule has 7 aromatic carbocycles. The maximum Gasteiger partial charge on any atom is 3.00 e. The molecule has 0 aliphatic heterocycles. The summed E-state index contributed by atoms with van der Waals surface area (Å²) in [6.45, 7) is 6.74. The number of hydrogen-bond acceptors (Lipinski definition) is 3. The molecule has 0 bridgehead atoms. The largest absolute Gasteiger partial charge is 3.00 e. The molecule has 69 heavy (non-hydrogen) atoms. The van der Waals surface area contributed by atoms with E-state index in [1.807, 2.05) is 55.0 Å². The van der Waals surface area contributed by atoms with Crippen LogP contribution in [0.5, 0.6) is 0 Å². The van der Waals surface area contributed by atoms with E-state index < -0.39 is 0 Å². The Morgan fingerprint density at radius 2 is 0.870 bits per heavy atom. The van der Waals surface area contributed by atoms with E-state index in [-0.39, 0.29) is 25.5 Å². The van der Waals surface area contributed by atoms with E-state index in [4.69, 9.17) is 4.98 Å². The van der Waals surface area contributed by atoms with Crippen molar-refractivity contribution in [2.75, 3.05) is 0 Å². The molecule has 10 rings (SSSR count). The van der Waals surface area contributed by atoms with E-state index >= 15 is 0 Å². The molecular formula is C65H52IrN3.